The molecular weight excluding hydrogens is 306 g/mol. The van der Waals surface area contributed by atoms with E-state index in [0.29, 0.717) is 17.9 Å². The minimum absolute atomic E-state index is 0.0856. The van der Waals surface area contributed by atoms with Crippen molar-refractivity contribution >= 4 is 5.91 Å². The van der Waals surface area contributed by atoms with Crippen molar-refractivity contribution in [1.82, 2.24) is 4.90 Å². The summed E-state index contributed by atoms with van der Waals surface area (Å²) in [5, 5.41) is 11.2. The smallest absolute Gasteiger partial charge is 0.257 e. The van der Waals surface area contributed by atoms with E-state index < -0.39 is 5.60 Å². The van der Waals surface area contributed by atoms with Gasteiger partial charge in [0.1, 0.15) is 17.1 Å². The Bertz CT molecular complexity index is 717. The molecule has 1 fully saturated rings. The average Bonchev–Trinajstić information content (AvgIpc) is 3.23. The molecule has 0 saturated carbocycles. The number of rotatable bonds is 4. The van der Waals surface area contributed by atoms with E-state index in [4.69, 9.17) is 9.15 Å². The van der Waals surface area contributed by atoms with Crippen molar-refractivity contribution in [3.05, 3.63) is 53.5 Å². The highest BCUT2D eigenvalue weighted by molar-refractivity contribution is 5.95. The number of carbonyl (C=O) groups excluding carboxylic acids is 1. The van der Waals surface area contributed by atoms with Crippen molar-refractivity contribution in [2.45, 2.75) is 38.3 Å². The first kappa shape index (κ1) is 16.6. The summed E-state index contributed by atoms with van der Waals surface area (Å²) in [5.41, 5.74) is 0.208. The molecule has 2 heterocycles. The molecule has 5 heteroatoms. The lowest BCUT2D eigenvalue weighted by molar-refractivity contribution is -0.0177. The summed E-state index contributed by atoms with van der Waals surface area (Å²) in [6.07, 6.45) is 3.16. The monoisotopic (exact) mass is 329 g/mol. The Morgan fingerprint density at radius 1 is 1.33 bits per heavy atom. The average molecular weight is 329 g/mol. The standard InChI is InChI=1S/C19H23NO4/c1-13-16(10-12-24-13)18(21)20-11-4-5-17(20)19(2,22)14-6-8-15(23-3)9-7-14/h6-10,12,17,22H,4-5,11H2,1-3H3/t17-,19-/m0/s1. The van der Waals surface area contributed by atoms with Crippen molar-refractivity contribution < 1.29 is 19.1 Å². The van der Waals surface area contributed by atoms with Crippen LogP contribution in [0.25, 0.3) is 0 Å². The topological polar surface area (TPSA) is 62.9 Å². The van der Waals surface area contributed by atoms with Gasteiger partial charge in [0.2, 0.25) is 0 Å². The summed E-state index contributed by atoms with van der Waals surface area (Å²) in [6, 6.07) is 8.77. The number of nitrogens with zero attached hydrogens (tertiary/aromatic N) is 1. The molecule has 1 aliphatic heterocycles. The number of aliphatic hydroxyl groups is 1. The van der Waals surface area contributed by atoms with E-state index in [0.717, 1.165) is 24.2 Å². The van der Waals surface area contributed by atoms with Crippen molar-refractivity contribution in [2.24, 2.45) is 0 Å². The van der Waals surface area contributed by atoms with Crippen molar-refractivity contribution in [2.75, 3.05) is 13.7 Å². The van der Waals surface area contributed by atoms with Crippen molar-refractivity contribution in [1.29, 1.82) is 0 Å². The molecule has 5 nitrogen and oxygen atoms in total. The van der Waals surface area contributed by atoms with Gasteiger partial charge in [-0.05, 0) is 50.5 Å². The molecular formula is C19H23NO4. The highest BCUT2D eigenvalue weighted by Crippen LogP contribution is 2.36. The molecule has 1 saturated heterocycles. The number of amides is 1. The Morgan fingerprint density at radius 3 is 2.62 bits per heavy atom. The second kappa shape index (κ2) is 6.32. The third kappa shape index (κ3) is 2.80. The maximum atomic E-state index is 12.9. The largest absolute Gasteiger partial charge is 0.497 e. The molecule has 0 radical (unpaired) electrons. The number of carbonyl (C=O) groups is 1. The van der Waals surface area contributed by atoms with Gasteiger partial charge in [0.15, 0.2) is 0 Å². The molecule has 0 spiro atoms. The maximum Gasteiger partial charge on any atom is 0.257 e. The number of furan rings is 1. The number of methoxy groups -OCH3 is 1. The second-order valence-electron chi connectivity index (χ2n) is 6.42. The Balaban J connectivity index is 1.88. The first-order chi connectivity index (χ1) is 11.4. The van der Waals surface area contributed by atoms with Crippen molar-refractivity contribution in [3.63, 3.8) is 0 Å². The van der Waals surface area contributed by atoms with Gasteiger partial charge in [-0.25, -0.2) is 0 Å². The summed E-state index contributed by atoms with van der Waals surface area (Å²) in [5.74, 6) is 1.26. The Kier molecular flexibility index (Phi) is 4.37. The first-order valence-electron chi connectivity index (χ1n) is 8.17. The van der Waals surface area contributed by atoms with E-state index in [1.165, 1.54) is 6.26 Å². The van der Waals surface area contributed by atoms with Gasteiger partial charge in [0.25, 0.3) is 5.91 Å². The summed E-state index contributed by atoms with van der Waals surface area (Å²) in [4.78, 5) is 14.6. The van der Waals surface area contributed by atoms with Gasteiger partial charge in [-0.15, -0.1) is 0 Å². The lowest BCUT2D eigenvalue weighted by atomic mass is 9.86. The fourth-order valence-corrected chi connectivity index (χ4v) is 3.48. The molecule has 0 bridgehead atoms. The fraction of sp³-hybridized carbons (Fsp3) is 0.421. The van der Waals surface area contributed by atoms with Crippen molar-refractivity contribution in [3.8, 4) is 5.75 Å². The van der Waals surface area contributed by atoms with Crippen LogP contribution < -0.4 is 4.74 Å². The molecule has 3 rings (SSSR count). The highest BCUT2D eigenvalue weighted by atomic mass is 16.5. The molecule has 0 unspecified atom stereocenters. The molecule has 128 valence electrons. The van der Waals surface area contributed by atoms with Crippen LogP contribution in [-0.2, 0) is 5.60 Å². The van der Waals surface area contributed by atoms with Crippen LogP contribution in [0.3, 0.4) is 0 Å². The SMILES string of the molecule is COc1ccc([C@](C)(O)[C@@H]2CCCN2C(=O)c2ccoc2C)cc1. The minimum atomic E-state index is -1.13. The van der Waals surface area contributed by atoms with E-state index in [-0.39, 0.29) is 11.9 Å². The molecule has 1 aliphatic rings. The third-order valence-corrected chi connectivity index (χ3v) is 4.93. The van der Waals surface area contributed by atoms with Gasteiger partial charge in [0, 0.05) is 6.54 Å². The molecule has 2 aromatic rings. The van der Waals surface area contributed by atoms with Crippen LogP contribution in [-0.4, -0.2) is 35.6 Å². The number of hydrogen-bond donors (Lipinski definition) is 1. The molecule has 2 atom stereocenters. The Morgan fingerprint density at radius 2 is 2.04 bits per heavy atom. The number of hydrogen-bond acceptors (Lipinski definition) is 4. The second-order valence-corrected chi connectivity index (χ2v) is 6.42. The minimum Gasteiger partial charge on any atom is -0.497 e. The quantitative estimate of drug-likeness (QED) is 0.936. The van der Waals surface area contributed by atoms with E-state index in [2.05, 4.69) is 0 Å². The van der Waals surface area contributed by atoms with Crippen LogP contribution in [0.15, 0.2) is 41.0 Å². The lowest BCUT2D eigenvalue weighted by Crippen LogP contribution is -2.48. The van der Waals surface area contributed by atoms with Crippen LogP contribution in [0, 0.1) is 6.92 Å². The summed E-state index contributed by atoms with van der Waals surface area (Å²) in [7, 11) is 1.61. The van der Waals surface area contributed by atoms with Gasteiger partial charge in [-0.3, -0.25) is 4.79 Å². The Labute approximate surface area is 141 Å². The van der Waals surface area contributed by atoms with Gasteiger partial charge in [-0.2, -0.15) is 0 Å². The molecule has 1 N–H and O–H groups in total. The zero-order chi connectivity index (χ0) is 17.3. The molecule has 0 aliphatic carbocycles. The predicted molar refractivity (Wildman–Crippen MR) is 90.1 cm³/mol. The van der Waals surface area contributed by atoms with Crippen LogP contribution in [0.1, 0.15) is 41.4 Å². The van der Waals surface area contributed by atoms with Crippen LogP contribution >= 0.6 is 0 Å². The molecule has 24 heavy (non-hydrogen) atoms. The first-order valence-corrected chi connectivity index (χ1v) is 8.17. The zero-order valence-electron chi connectivity index (χ0n) is 14.3. The summed E-state index contributed by atoms with van der Waals surface area (Å²) in [6.45, 7) is 4.19. The Hall–Kier alpha value is -2.27. The van der Waals surface area contributed by atoms with Gasteiger partial charge >= 0.3 is 0 Å². The lowest BCUT2D eigenvalue weighted by Gasteiger charge is -2.37. The highest BCUT2D eigenvalue weighted by Gasteiger charge is 2.43. The predicted octanol–water partition coefficient (Wildman–Crippen LogP) is 3.11. The van der Waals surface area contributed by atoms with Crippen LogP contribution in [0.4, 0.5) is 0 Å². The number of aryl methyl sites for hydroxylation is 1. The van der Waals surface area contributed by atoms with E-state index in [9.17, 15) is 9.90 Å². The van der Waals surface area contributed by atoms with Gasteiger partial charge in [-0.1, -0.05) is 12.1 Å². The van der Waals surface area contributed by atoms with E-state index in [1.54, 1.807) is 31.9 Å². The summed E-state index contributed by atoms with van der Waals surface area (Å²) < 4.78 is 10.4. The summed E-state index contributed by atoms with van der Waals surface area (Å²) >= 11 is 0. The number of benzene rings is 1. The molecule has 1 aromatic heterocycles. The van der Waals surface area contributed by atoms with Gasteiger partial charge in [0.05, 0.1) is 25.0 Å². The normalized spacial score (nSPS) is 20.0. The fourth-order valence-electron chi connectivity index (χ4n) is 3.48. The third-order valence-electron chi connectivity index (χ3n) is 4.93. The maximum absolute atomic E-state index is 12.9. The van der Waals surface area contributed by atoms with Crippen LogP contribution in [0.2, 0.25) is 0 Å². The van der Waals surface area contributed by atoms with Gasteiger partial charge < -0.3 is 19.2 Å². The number of likely N-dealkylation sites (tertiary alicyclic amines) is 1. The molecule has 1 aromatic carbocycles. The van der Waals surface area contributed by atoms with E-state index >= 15 is 0 Å². The van der Waals surface area contributed by atoms with E-state index in [1.807, 2.05) is 24.3 Å². The van der Waals surface area contributed by atoms with Crippen LogP contribution in [0.5, 0.6) is 5.75 Å². The molecule has 1 amide bonds. The number of ether oxygens (including phenoxy) is 1. The zero-order valence-corrected chi connectivity index (χ0v) is 14.3.